The van der Waals surface area contributed by atoms with Gasteiger partial charge in [0.25, 0.3) is 0 Å². The molecule has 5 nitrogen and oxygen atoms in total. The summed E-state index contributed by atoms with van der Waals surface area (Å²) < 4.78 is 17.3. The van der Waals surface area contributed by atoms with Gasteiger partial charge >= 0.3 is 0 Å². The van der Waals surface area contributed by atoms with Crippen molar-refractivity contribution in [3.8, 4) is 22.6 Å². The minimum absolute atomic E-state index is 0.0994. The molecular formula is C29H29NO4. The van der Waals surface area contributed by atoms with Crippen molar-refractivity contribution in [1.29, 1.82) is 0 Å². The Morgan fingerprint density at radius 3 is 2.50 bits per heavy atom. The summed E-state index contributed by atoms with van der Waals surface area (Å²) in [6, 6.07) is 21.5. The molecule has 0 aliphatic rings. The lowest BCUT2D eigenvalue weighted by Gasteiger charge is -2.14. The third-order valence-corrected chi connectivity index (χ3v) is 5.80. The van der Waals surface area contributed by atoms with Crippen molar-refractivity contribution in [1.82, 2.24) is 5.32 Å². The predicted octanol–water partition coefficient (Wildman–Crippen LogP) is 6.79. The largest absolute Gasteiger partial charge is 0.496 e. The maximum atomic E-state index is 12.8. The van der Waals surface area contributed by atoms with Gasteiger partial charge in [-0.05, 0) is 44.0 Å². The van der Waals surface area contributed by atoms with E-state index in [1.807, 2.05) is 87.5 Å². The Balaban J connectivity index is 1.71. The Morgan fingerprint density at radius 1 is 1.03 bits per heavy atom. The summed E-state index contributed by atoms with van der Waals surface area (Å²) in [5.41, 5.74) is 5.27. The van der Waals surface area contributed by atoms with E-state index >= 15 is 0 Å². The summed E-state index contributed by atoms with van der Waals surface area (Å²) in [5, 5.41) is 3.97. The van der Waals surface area contributed by atoms with Crippen LogP contribution in [0.15, 0.2) is 83.5 Å². The van der Waals surface area contributed by atoms with Gasteiger partial charge in [0.05, 0.1) is 26.0 Å². The number of nitrogens with one attached hydrogen (secondary N) is 1. The third-order valence-electron chi connectivity index (χ3n) is 5.80. The van der Waals surface area contributed by atoms with Crippen LogP contribution in [0, 0.1) is 0 Å². The number of benzene rings is 3. The summed E-state index contributed by atoms with van der Waals surface area (Å²) in [4.78, 5) is 12.8. The monoisotopic (exact) mass is 455 g/mol. The Labute approximate surface area is 200 Å². The number of hydrogen-bond donors (Lipinski definition) is 1. The average Bonchev–Trinajstić information content (AvgIpc) is 3.26. The number of fused-ring (bicyclic) bond motifs is 1. The van der Waals surface area contributed by atoms with Crippen molar-refractivity contribution in [2.75, 3.05) is 13.7 Å². The summed E-state index contributed by atoms with van der Waals surface area (Å²) in [5.74, 6) is 1.28. The molecule has 0 fully saturated rings. The van der Waals surface area contributed by atoms with Gasteiger partial charge in [-0.15, -0.1) is 0 Å². The quantitative estimate of drug-likeness (QED) is 0.297. The zero-order valence-corrected chi connectivity index (χ0v) is 19.9. The van der Waals surface area contributed by atoms with Crippen molar-refractivity contribution in [2.24, 2.45) is 0 Å². The van der Waals surface area contributed by atoms with Crippen molar-refractivity contribution >= 4 is 22.4 Å². The first-order valence-corrected chi connectivity index (χ1v) is 11.4. The Bertz CT molecular complexity index is 1320. The van der Waals surface area contributed by atoms with Crippen molar-refractivity contribution in [3.63, 3.8) is 0 Å². The Morgan fingerprint density at radius 2 is 1.76 bits per heavy atom. The normalized spacial score (nSPS) is 12.4. The van der Waals surface area contributed by atoms with Crippen LogP contribution >= 0.6 is 0 Å². The van der Waals surface area contributed by atoms with Crippen LogP contribution in [-0.4, -0.2) is 19.6 Å². The van der Waals surface area contributed by atoms with Crippen LogP contribution < -0.4 is 14.8 Å². The van der Waals surface area contributed by atoms with E-state index in [0.717, 1.165) is 39.0 Å². The number of allylic oxidation sites excluding steroid dienone is 1. The highest BCUT2D eigenvalue weighted by Crippen LogP contribution is 2.40. The van der Waals surface area contributed by atoms with Gasteiger partial charge in [-0.1, -0.05) is 48.5 Å². The fourth-order valence-electron chi connectivity index (χ4n) is 4.07. The van der Waals surface area contributed by atoms with E-state index in [9.17, 15) is 4.79 Å². The molecule has 3 aromatic carbocycles. The topological polar surface area (TPSA) is 60.7 Å². The lowest BCUT2D eigenvalue weighted by Crippen LogP contribution is -2.24. The molecule has 0 spiro atoms. The van der Waals surface area contributed by atoms with Crippen LogP contribution in [0.5, 0.6) is 11.5 Å². The lowest BCUT2D eigenvalue weighted by molar-refractivity contribution is -0.117. The summed E-state index contributed by atoms with van der Waals surface area (Å²) in [6.45, 7) is 6.32. The lowest BCUT2D eigenvalue weighted by atomic mass is 9.98. The van der Waals surface area contributed by atoms with E-state index in [-0.39, 0.29) is 11.9 Å². The van der Waals surface area contributed by atoms with Crippen LogP contribution in [0.25, 0.3) is 27.7 Å². The molecule has 4 rings (SSSR count). The SMILES string of the molecule is CCOc1cc2occ(-c3ccccc3OC)c2cc1/C(C)=C/C(=O)NC(C)c1ccccc1. The fourth-order valence-corrected chi connectivity index (χ4v) is 4.07. The number of para-hydroxylation sites is 1. The van der Waals surface area contributed by atoms with Gasteiger partial charge in [-0.3, -0.25) is 4.79 Å². The standard InChI is InChI=1S/C29H29NO4/c1-5-33-27-17-28-24(25(18-34-28)22-13-9-10-14-26(22)32-4)16-23(27)19(2)15-29(31)30-20(3)21-11-7-6-8-12-21/h6-18,20H,5H2,1-4H3,(H,30,31)/b19-15+. The molecule has 1 N–H and O–H groups in total. The first-order chi connectivity index (χ1) is 16.5. The number of furan rings is 1. The molecule has 0 saturated carbocycles. The van der Waals surface area contributed by atoms with E-state index in [1.54, 1.807) is 19.4 Å². The molecule has 1 heterocycles. The number of amides is 1. The van der Waals surface area contributed by atoms with Crippen LogP contribution in [-0.2, 0) is 4.79 Å². The number of methoxy groups -OCH3 is 1. The van der Waals surface area contributed by atoms with Crippen molar-refractivity contribution in [3.05, 3.63) is 90.2 Å². The number of ether oxygens (including phenoxy) is 2. The zero-order valence-electron chi connectivity index (χ0n) is 19.9. The highest BCUT2D eigenvalue weighted by Gasteiger charge is 2.17. The Hall–Kier alpha value is -3.99. The highest BCUT2D eigenvalue weighted by atomic mass is 16.5. The predicted molar refractivity (Wildman–Crippen MR) is 136 cm³/mol. The number of carbonyl (C=O) groups is 1. The van der Waals surface area contributed by atoms with Crippen molar-refractivity contribution in [2.45, 2.75) is 26.8 Å². The number of hydrogen-bond acceptors (Lipinski definition) is 4. The minimum atomic E-state index is -0.159. The van der Waals surface area contributed by atoms with Crippen LogP contribution in [0.4, 0.5) is 0 Å². The smallest absolute Gasteiger partial charge is 0.244 e. The molecule has 174 valence electrons. The second-order valence-electron chi connectivity index (χ2n) is 8.10. The van der Waals surface area contributed by atoms with E-state index in [1.165, 1.54) is 0 Å². The molecular weight excluding hydrogens is 426 g/mol. The van der Waals surface area contributed by atoms with E-state index in [4.69, 9.17) is 13.9 Å². The fraction of sp³-hybridized carbons (Fsp3) is 0.207. The van der Waals surface area contributed by atoms with Gasteiger partial charge in [-0.2, -0.15) is 0 Å². The van der Waals surface area contributed by atoms with Crippen LogP contribution in [0.1, 0.15) is 37.9 Å². The summed E-state index contributed by atoms with van der Waals surface area (Å²) >= 11 is 0. The summed E-state index contributed by atoms with van der Waals surface area (Å²) in [6.07, 6.45) is 3.35. The van der Waals surface area contributed by atoms with Crippen molar-refractivity contribution < 1.29 is 18.7 Å². The first-order valence-electron chi connectivity index (χ1n) is 11.4. The number of carbonyl (C=O) groups excluding carboxylic acids is 1. The van der Waals surface area contributed by atoms with Gasteiger partial charge < -0.3 is 19.2 Å². The second kappa shape index (κ2) is 10.3. The first kappa shape index (κ1) is 23.2. The molecule has 4 aromatic rings. The van der Waals surface area contributed by atoms with Gasteiger partial charge in [0.1, 0.15) is 17.1 Å². The molecule has 5 heteroatoms. The molecule has 0 saturated heterocycles. The molecule has 1 atom stereocenters. The maximum Gasteiger partial charge on any atom is 0.244 e. The van der Waals surface area contributed by atoms with Gasteiger partial charge in [0, 0.05) is 34.2 Å². The van der Waals surface area contributed by atoms with Gasteiger partial charge in [0.15, 0.2) is 0 Å². The van der Waals surface area contributed by atoms with E-state index in [0.29, 0.717) is 17.9 Å². The molecule has 0 aliphatic heterocycles. The maximum absolute atomic E-state index is 12.8. The van der Waals surface area contributed by atoms with E-state index in [2.05, 4.69) is 5.32 Å². The molecule has 34 heavy (non-hydrogen) atoms. The molecule has 0 aliphatic carbocycles. The Kier molecular flexibility index (Phi) is 7.02. The second-order valence-corrected chi connectivity index (χ2v) is 8.10. The molecule has 1 amide bonds. The van der Waals surface area contributed by atoms with Crippen LogP contribution in [0.3, 0.4) is 0 Å². The minimum Gasteiger partial charge on any atom is -0.496 e. The van der Waals surface area contributed by atoms with E-state index < -0.39 is 0 Å². The van der Waals surface area contributed by atoms with Gasteiger partial charge in [0.2, 0.25) is 5.91 Å². The number of rotatable bonds is 8. The zero-order chi connectivity index (χ0) is 24.1. The highest BCUT2D eigenvalue weighted by molar-refractivity contribution is 6.01. The van der Waals surface area contributed by atoms with Gasteiger partial charge in [-0.25, -0.2) is 0 Å². The molecule has 1 aromatic heterocycles. The summed E-state index contributed by atoms with van der Waals surface area (Å²) in [7, 11) is 1.65. The molecule has 1 unspecified atom stereocenters. The third kappa shape index (κ3) is 4.84. The average molecular weight is 456 g/mol. The molecule has 0 bridgehead atoms. The molecule has 0 radical (unpaired) electrons. The van der Waals surface area contributed by atoms with Crippen LogP contribution in [0.2, 0.25) is 0 Å².